The second-order valence-electron chi connectivity index (χ2n) is 3.60. The summed E-state index contributed by atoms with van der Waals surface area (Å²) in [6, 6.07) is 4.10. The fourth-order valence-electron chi connectivity index (χ4n) is 1.34. The third-order valence-corrected chi connectivity index (χ3v) is 3.27. The molecule has 0 saturated heterocycles. The zero-order valence-corrected chi connectivity index (χ0v) is 9.78. The van der Waals surface area contributed by atoms with Crippen molar-refractivity contribution in [3.63, 3.8) is 0 Å². The molecule has 0 spiro atoms. The van der Waals surface area contributed by atoms with Crippen molar-refractivity contribution in [1.82, 2.24) is 9.78 Å². The number of aromatic nitrogens is 2. The van der Waals surface area contributed by atoms with E-state index in [2.05, 4.69) is 5.10 Å². The summed E-state index contributed by atoms with van der Waals surface area (Å²) < 4.78 is 37.2. The van der Waals surface area contributed by atoms with E-state index in [0.29, 0.717) is 5.69 Å². The molecule has 0 amide bonds. The fraction of sp³-hybridized carbons (Fsp3) is 0.100. The molecule has 90 valence electrons. The topological polar surface area (TPSA) is 78.0 Å². The standard InChI is InChI=1S/C10H10FN3O2S/c1-17(15,16)8-5-13-14(6-8)10-3-2-7(12)4-9(10)11/h2-6H,12H2,1H3. The van der Waals surface area contributed by atoms with Crippen LogP contribution < -0.4 is 5.73 Å². The van der Waals surface area contributed by atoms with E-state index >= 15 is 0 Å². The number of hydrogen-bond acceptors (Lipinski definition) is 4. The number of nitrogens with two attached hydrogens (primary N) is 1. The predicted molar refractivity (Wildman–Crippen MR) is 61.0 cm³/mol. The van der Waals surface area contributed by atoms with Crippen molar-refractivity contribution in [2.45, 2.75) is 4.90 Å². The smallest absolute Gasteiger partial charge is 0.178 e. The predicted octanol–water partition coefficient (Wildman–Crippen LogP) is 0.997. The molecular weight excluding hydrogens is 245 g/mol. The van der Waals surface area contributed by atoms with Gasteiger partial charge in [-0.1, -0.05) is 0 Å². The van der Waals surface area contributed by atoms with E-state index in [0.717, 1.165) is 17.0 Å². The van der Waals surface area contributed by atoms with Crippen LogP contribution in [0.5, 0.6) is 0 Å². The van der Waals surface area contributed by atoms with Crippen molar-refractivity contribution in [2.75, 3.05) is 12.0 Å². The molecule has 0 aliphatic carbocycles. The number of halogens is 1. The van der Waals surface area contributed by atoms with Gasteiger partial charge in [-0.2, -0.15) is 5.10 Å². The number of anilines is 1. The van der Waals surface area contributed by atoms with E-state index in [1.807, 2.05) is 0 Å². The van der Waals surface area contributed by atoms with Crippen molar-refractivity contribution >= 4 is 15.5 Å². The lowest BCUT2D eigenvalue weighted by molar-refractivity contribution is 0.601. The lowest BCUT2D eigenvalue weighted by atomic mass is 10.3. The molecule has 1 aromatic carbocycles. The van der Waals surface area contributed by atoms with E-state index in [9.17, 15) is 12.8 Å². The van der Waals surface area contributed by atoms with Crippen LogP contribution in [0, 0.1) is 5.82 Å². The van der Waals surface area contributed by atoms with Crippen LogP contribution in [0.3, 0.4) is 0 Å². The van der Waals surface area contributed by atoms with Crippen molar-refractivity contribution < 1.29 is 12.8 Å². The van der Waals surface area contributed by atoms with Gasteiger partial charge >= 0.3 is 0 Å². The van der Waals surface area contributed by atoms with E-state index in [1.165, 1.54) is 24.5 Å². The summed E-state index contributed by atoms with van der Waals surface area (Å²) in [5.74, 6) is -0.562. The van der Waals surface area contributed by atoms with Gasteiger partial charge in [-0.15, -0.1) is 0 Å². The van der Waals surface area contributed by atoms with Crippen LogP contribution in [0.15, 0.2) is 35.5 Å². The maximum absolute atomic E-state index is 13.6. The average Bonchev–Trinajstić information content (AvgIpc) is 2.65. The average molecular weight is 255 g/mol. The number of nitrogen functional groups attached to an aromatic ring is 1. The number of hydrogen-bond donors (Lipinski definition) is 1. The second-order valence-corrected chi connectivity index (χ2v) is 5.62. The monoisotopic (exact) mass is 255 g/mol. The van der Waals surface area contributed by atoms with E-state index in [4.69, 9.17) is 5.73 Å². The highest BCUT2D eigenvalue weighted by atomic mass is 32.2. The number of rotatable bonds is 2. The molecule has 2 rings (SSSR count). The zero-order valence-electron chi connectivity index (χ0n) is 8.96. The highest BCUT2D eigenvalue weighted by Crippen LogP contribution is 2.17. The number of sulfone groups is 1. The van der Waals surface area contributed by atoms with Crippen LogP contribution in [0.4, 0.5) is 10.1 Å². The lowest BCUT2D eigenvalue weighted by Gasteiger charge is -2.03. The zero-order chi connectivity index (χ0) is 12.6. The van der Waals surface area contributed by atoms with Gasteiger partial charge in [-0.25, -0.2) is 17.5 Å². The molecule has 0 saturated carbocycles. The Balaban J connectivity index is 2.51. The highest BCUT2D eigenvalue weighted by molar-refractivity contribution is 7.90. The van der Waals surface area contributed by atoms with Crippen LogP contribution >= 0.6 is 0 Å². The number of benzene rings is 1. The van der Waals surface area contributed by atoms with Crippen molar-refractivity contribution in [3.8, 4) is 5.69 Å². The third kappa shape index (κ3) is 2.28. The Labute approximate surface area is 97.6 Å². The first-order valence-electron chi connectivity index (χ1n) is 4.68. The Hall–Kier alpha value is -1.89. The minimum Gasteiger partial charge on any atom is -0.399 e. The Bertz CT molecular complexity index is 664. The van der Waals surface area contributed by atoms with E-state index in [1.54, 1.807) is 0 Å². The molecule has 0 fully saturated rings. The quantitative estimate of drug-likeness (QED) is 0.812. The summed E-state index contributed by atoms with van der Waals surface area (Å²) >= 11 is 0. The molecular formula is C10H10FN3O2S. The van der Waals surface area contributed by atoms with Gasteiger partial charge in [0.15, 0.2) is 15.7 Å². The molecule has 5 nitrogen and oxygen atoms in total. The minimum atomic E-state index is -3.34. The van der Waals surface area contributed by atoms with Crippen molar-refractivity contribution in [3.05, 3.63) is 36.4 Å². The van der Waals surface area contributed by atoms with Crippen molar-refractivity contribution in [1.29, 1.82) is 0 Å². The Morgan fingerprint density at radius 3 is 2.65 bits per heavy atom. The molecule has 1 heterocycles. The van der Waals surface area contributed by atoms with Gasteiger partial charge in [0.05, 0.1) is 6.20 Å². The molecule has 0 aliphatic rings. The molecule has 0 unspecified atom stereocenters. The maximum atomic E-state index is 13.6. The number of nitrogens with zero attached hydrogens (tertiary/aromatic N) is 2. The second kappa shape index (κ2) is 3.85. The third-order valence-electron chi connectivity index (χ3n) is 2.21. The first-order chi connectivity index (χ1) is 7.88. The first-order valence-corrected chi connectivity index (χ1v) is 6.57. The summed E-state index contributed by atoms with van der Waals surface area (Å²) in [5.41, 5.74) is 5.86. The summed E-state index contributed by atoms with van der Waals surface area (Å²) in [7, 11) is -3.34. The first kappa shape index (κ1) is 11.6. The molecule has 2 N–H and O–H groups in total. The van der Waals surface area contributed by atoms with Gasteiger partial charge < -0.3 is 5.73 Å². The largest absolute Gasteiger partial charge is 0.399 e. The van der Waals surface area contributed by atoms with E-state index in [-0.39, 0.29) is 10.6 Å². The van der Waals surface area contributed by atoms with Crippen LogP contribution in [0.25, 0.3) is 5.69 Å². The minimum absolute atomic E-state index is 0.0359. The van der Waals surface area contributed by atoms with Gasteiger partial charge in [0, 0.05) is 18.1 Å². The van der Waals surface area contributed by atoms with Gasteiger partial charge in [0.1, 0.15) is 10.6 Å². The molecule has 17 heavy (non-hydrogen) atoms. The molecule has 0 atom stereocenters. The summed E-state index contributed by atoms with van der Waals surface area (Å²) in [5, 5.41) is 3.80. The van der Waals surface area contributed by atoms with Gasteiger partial charge in [-0.3, -0.25) is 0 Å². The normalized spacial score (nSPS) is 11.6. The van der Waals surface area contributed by atoms with Crippen LogP contribution in [0.1, 0.15) is 0 Å². The molecule has 1 aromatic heterocycles. The van der Waals surface area contributed by atoms with Crippen LogP contribution in [-0.4, -0.2) is 24.5 Å². The van der Waals surface area contributed by atoms with Gasteiger partial charge in [0.2, 0.25) is 0 Å². The molecule has 0 radical (unpaired) electrons. The fourth-order valence-corrected chi connectivity index (χ4v) is 1.87. The Kier molecular flexibility index (Phi) is 2.62. The Morgan fingerprint density at radius 2 is 2.12 bits per heavy atom. The summed E-state index contributed by atoms with van der Waals surface area (Å²) in [4.78, 5) is 0.0359. The summed E-state index contributed by atoms with van der Waals surface area (Å²) in [6.45, 7) is 0. The molecule has 0 aliphatic heterocycles. The summed E-state index contributed by atoms with van der Waals surface area (Å²) in [6.07, 6.45) is 3.49. The van der Waals surface area contributed by atoms with Crippen molar-refractivity contribution in [2.24, 2.45) is 0 Å². The molecule has 7 heteroatoms. The highest BCUT2D eigenvalue weighted by Gasteiger charge is 2.12. The van der Waals surface area contributed by atoms with Gasteiger partial charge in [0.25, 0.3) is 0 Å². The van der Waals surface area contributed by atoms with Gasteiger partial charge in [-0.05, 0) is 18.2 Å². The van der Waals surface area contributed by atoms with Crippen LogP contribution in [0.2, 0.25) is 0 Å². The van der Waals surface area contributed by atoms with Crippen LogP contribution in [-0.2, 0) is 9.84 Å². The maximum Gasteiger partial charge on any atom is 0.178 e. The Morgan fingerprint density at radius 1 is 1.41 bits per heavy atom. The lowest BCUT2D eigenvalue weighted by Crippen LogP contribution is -1.99. The molecule has 0 bridgehead atoms. The molecule has 2 aromatic rings. The SMILES string of the molecule is CS(=O)(=O)c1cnn(-c2ccc(N)cc2F)c1. The van der Waals surface area contributed by atoms with E-state index < -0.39 is 15.7 Å².